The second-order valence-electron chi connectivity index (χ2n) is 6.28. The maximum Gasteiger partial charge on any atom is 0.326 e. The zero-order chi connectivity index (χ0) is 20.2. The van der Waals surface area contributed by atoms with Gasteiger partial charge in [-0.3, -0.25) is 19.3 Å². The number of halogens is 1. The summed E-state index contributed by atoms with van der Waals surface area (Å²) in [6, 6.07) is 3.50. The molecule has 0 radical (unpaired) electrons. The van der Waals surface area contributed by atoms with Gasteiger partial charge in [0.15, 0.2) is 6.61 Å². The van der Waals surface area contributed by atoms with Gasteiger partial charge in [-0.1, -0.05) is 19.9 Å². The molecule has 0 unspecified atom stereocenters. The lowest BCUT2D eigenvalue weighted by Gasteiger charge is -2.22. The van der Waals surface area contributed by atoms with Crippen LogP contribution in [0.15, 0.2) is 18.2 Å². The third-order valence-corrected chi connectivity index (χ3v) is 4.56. The number of ether oxygens (including phenoxy) is 1. The Bertz CT molecular complexity index is 776. The molecule has 1 aromatic rings. The first-order chi connectivity index (χ1) is 12.7. The van der Waals surface area contributed by atoms with Crippen LogP contribution >= 0.6 is 0 Å². The van der Waals surface area contributed by atoms with Gasteiger partial charge in [-0.05, 0) is 37.5 Å². The zero-order valence-electron chi connectivity index (χ0n) is 15.4. The molecule has 1 aromatic carbocycles. The summed E-state index contributed by atoms with van der Waals surface area (Å²) < 4.78 is 18.3. The van der Waals surface area contributed by atoms with Crippen molar-refractivity contribution in [2.24, 2.45) is 0 Å². The Morgan fingerprint density at radius 1 is 1.26 bits per heavy atom. The minimum Gasteiger partial charge on any atom is -0.454 e. The largest absolute Gasteiger partial charge is 0.454 e. The van der Waals surface area contributed by atoms with Gasteiger partial charge in [-0.2, -0.15) is 0 Å². The molecule has 1 heterocycles. The van der Waals surface area contributed by atoms with Crippen molar-refractivity contribution in [3.8, 4) is 0 Å². The number of amides is 4. The molecule has 0 aromatic heterocycles. The normalized spacial score (nSPS) is 15.5. The lowest BCUT2D eigenvalue weighted by molar-refractivity contribution is -0.150. The topological polar surface area (TPSA) is 105 Å². The van der Waals surface area contributed by atoms with Crippen molar-refractivity contribution in [3.05, 3.63) is 29.6 Å². The average Bonchev–Trinajstić information content (AvgIpc) is 2.87. The number of hydrogen-bond acceptors (Lipinski definition) is 5. The number of esters is 1. The molecule has 9 heteroatoms. The van der Waals surface area contributed by atoms with E-state index in [0.717, 1.165) is 11.0 Å². The van der Waals surface area contributed by atoms with Crippen LogP contribution in [0, 0.1) is 12.7 Å². The Hall–Kier alpha value is -2.97. The maximum atomic E-state index is 13.5. The summed E-state index contributed by atoms with van der Waals surface area (Å²) in [7, 11) is 0. The van der Waals surface area contributed by atoms with E-state index in [1.54, 1.807) is 20.8 Å². The Morgan fingerprint density at radius 3 is 2.48 bits per heavy atom. The number of aryl methyl sites for hydroxylation is 1. The van der Waals surface area contributed by atoms with Gasteiger partial charge in [-0.25, -0.2) is 9.18 Å². The molecule has 4 amide bonds. The van der Waals surface area contributed by atoms with Crippen molar-refractivity contribution in [2.75, 3.05) is 18.5 Å². The molecule has 0 aliphatic carbocycles. The molecule has 1 aliphatic heterocycles. The second kappa shape index (κ2) is 8.15. The summed E-state index contributed by atoms with van der Waals surface area (Å²) in [5.74, 6) is -2.53. The highest BCUT2D eigenvalue weighted by molar-refractivity contribution is 6.08. The predicted octanol–water partition coefficient (Wildman–Crippen LogP) is 1.73. The molecule has 0 saturated carbocycles. The number of nitrogens with zero attached hydrogens (tertiary/aromatic N) is 1. The molecule has 27 heavy (non-hydrogen) atoms. The molecule has 0 bridgehead atoms. The number of nitrogens with one attached hydrogen (secondary N) is 2. The predicted molar refractivity (Wildman–Crippen MR) is 94.3 cm³/mol. The number of hydrogen-bond donors (Lipinski definition) is 2. The van der Waals surface area contributed by atoms with Gasteiger partial charge in [0, 0.05) is 5.69 Å². The number of benzene rings is 1. The molecule has 0 spiro atoms. The third kappa shape index (κ3) is 4.42. The highest BCUT2D eigenvalue weighted by Crippen LogP contribution is 2.24. The van der Waals surface area contributed by atoms with Crippen molar-refractivity contribution in [1.82, 2.24) is 10.2 Å². The van der Waals surface area contributed by atoms with E-state index in [4.69, 9.17) is 4.74 Å². The van der Waals surface area contributed by atoms with Gasteiger partial charge in [-0.15, -0.1) is 0 Å². The van der Waals surface area contributed by atoms with Crippen LogP contribution in [0.5, 0.6) is 0 Å². The fourth-order valence-corrected chi connectivity index (χ4v) is 2.74. The summed E-state index contributed by atoms with van der Waals surface area (Å²) >= 11 is 0. The Morgan fingerprint density at radius 2 is 1.93 bits per heavy atom. The van der Waals surface area contributed by atoms with Gasteiger partial charge in [0.05, 0.1) is 0 Å². The van der Waals surface area contributed by atoms with E-state index in [1.807, 2.05) is 0 Å². The summed E-state index contributed by atoms with van der Waals surface area (Å²) in [4.78, 5) is 48.8. The van der Waals surface area contributed by atoms with Crippen LogP contribution in [0.4, 0.5) is 14.9 Å². The Balaban J connectivity index is 1.87. The highest BCUT2D eigenvalue weighted by atomic mass is 19.1. The van der Waals surface area contributed by atoms with Crippen LogP contribution < -0.4 is 10.6 Å². The number of imide groups is 1. The first-order valence-electron chi connectivity index (χ1n) is 8.58. The van der Waals surface area contributed by atoms with Crippen molar-refractivity contribution in [1.29, 1.82) is 0 Å². The third-order valence-electron chi connectivity index (χ3n) is 4.56. The molecule has 146 valence electrons. The van der Waals surface area contributed by atoms with Gasteiger partial charge >= 0.3 is 12.0 Å². The number of carbonyl (C=O) groups is 4. The van der Waals surface area contributed by atoms with E-state index in [9.17, 15) is 23.6 Å². The monoisotopic (exact) mass is 379 g/mol. The molecule has 1 fully saturated rings. The van der Waals surface area contributed by atoms with E-state index >= 15 is 0 Å². The summed E-state index contributed by atoms with van der Waals surface area (Å²) in [6.45, 7) is 3.91. The first-order valence-corrected chi connectivity index (χ1v) is 8.58. The Kier molecular flexibility index (Phi) is 6.14. The van der Waals surface area contributed by atoms with Crippen molar-refractivity contribution in [3.63, 3.8) is 0 Å². The van der Waals surface area contributed by atoms with Gasteiger partial charge in [0.2, 0.25) is 0 Å². The molecular formula is C18H22FN3O5. The van der Waals surface area contributed by atoms with E-state index in [0.29, 0.717) is 18.4 Å². The van der Waals surface area contributed by atoms with Gasteiger partial charge in [0.25, 0.3) is 11.8 Å². The second-order valence-corrected chi connectivity index (χ2v) is 6.28. The van der Waals surface area contributed by atoms with Crippen LogP contribution in [0.1, 0.15) is 32.3 Å². The lowest BCUT2D eigenvalue weighted by Crippen LogP contribution is -2.46. The van der Waals surface area contributed by atoms with E-state index < -0.39 is 48.3 Å². The van der Waals surface area contributed by atoms with Crippen LogP contribution in [-0.2, 0) is 19.1 Å². The SMILES string of the molecule is CCC1(CC)NC(=O)N(CC(=O)OCC(=O)Nc2ccc(C)c(F)c2)C1=O. The van der Waals surface area contributed by atoms with Crippen molar-refractivity contribution < 1.29 is 28.3 Å². The van der Waals surface area contributed by atoms with Gasteiger partial charge in [0.1, 0.15) is 17.9 Å². The number of urea groups is 1. The smallest absolute Gasteiger partial charge is 0.326 e. The number of anilines is 1. The van der Waals surface area contributed by atoms with E-state index in [2.05, 4.69) is 10.6 Å². The number of rotatable bonds is 7. The molecule has 8 nitrogen and oxygen atoms in total. The minimum absolute atomic E-state index is 0.226. The minimum atomic E-state index is -1.01. The average molecular weight is 379 g/mol. The fraction of sp³-hybridized carbons (Fsp3) is 0.444. The first kappa shape index (κ1) is 20.3. The van der Waals surface area contributed by atoms with E-state index in [1.165, 1.54) is 12.1 Å². The molecule has 2 N–H and O–H groups in total. The summed E-state index contributed by atoms with van der Waals surface area (Å²) in [5.41, 5.74) is -0.350. The standard InChI is InChI=1S/C18H22FN3O5/c1-4-18(5-2)16(25)22(17(26)21-18)9-15(24)27-10-14(23)20-12-7-6-11(3)13(19)8-12/h6-8H,4-5,9-10H2,1-3H3,(H,20,23)(H,21,26). The number of carbonyl (C=O) groups excluding carboxylic acids is 4. The molecule has 1 saturated heterocycles. The van der Waals surface area contributed by atoms with Crippen LogP contribution in [0.2, 0.25) is 0 Å². The van der Waals surface area contributed by atoms with Crippen LogP contribution in [-0.4, -0.2) is 47.4 Å². The lowest BCUT2D eigenvalue weighted by atomic mass is 9.93. The van der Waals surface area contributed by atoms with Crippen LogP contribution in [0.25, 0.3) is 0 Å². The van der Waals surface area contributed by atoms with Crippen molar-refractivity contribution >= 4 is 29.5 Å². The fourth-order valence-electron chi connectivity index (χ4n) is 2.74. The highest BCUT2D eigenvalue weighted by Gasteiger charge is 2.49. The molecular weight excluding hydrogens is 357 g/mol. The maximum absolute atomic E-state index is 13.5. The summed E-state index contributed by atoms with van der Waals surface area (Å²) in [5, 5.41) is 4.99. The zero-order valence-corrected chi connectivity index (χ0v) is 15.4. The van der Waals surface area contributed by atoms with E-state index in [-0.39, 0.29) is 5.69 Å². The summed E-state index contributed by atoms with van der Waals surface area (Å²) in [6.07, 6.45) is 0.796. The van der Waals surface area contributed by atoms with Gasteiger partial charge < -0.3 is 15.4 Å². The van der Waals surface area contributed by atoms with Crippen molar-refractivity contribution in [2.45, 2.75) is 39.2 Å². The quantitative estimate of drug-likeness (QED) is 0.554. The van der Waals surface area contributed by atoms with Crippen LogP contribution in [0.3, 0.4) is 0 Å². The Labute approximate surface area is 156 Å². The molecule has 2 rings (SSSR count). The molecule has 0 atom stereocenters. The molecule has 1 aliphatic rings.